The molecule has 0 radical (unpaired) electrons. The first kappa shape index (κ1) is 18.6. The third-order valence-corrected chi connectivity index (χ3v) is 4.30. The minimum absolute atomic E-state index is 0.140. The lowest BCUT2D eigenvalue weighted by Gasteiger charge is -2.14. The molecule has 0 spiro atoms. The van der Waals surface area contributed by atoms with Gasteiger partial charge in [0.2, 0.25) is 5.76 Å². The number of carbonyl (C=O) groups is 2. The molecule has 1 heterocycles. The maximum absolute atomic E-state index is 12.8. The number of carboxylic acids is 1. The van der Waals surface area contributed by atoms with Crippen LogP contribution < -0.4 is 9.47 Å². The smallest absolute Gasteiger partial charge is 0.387 e. The first-order chi connectivity index (χ1) is 12.8. The number of carbonyl (C=O) groups excluding carboxylic acids is 1. The summed E-state index contributed by atoms with van der Waals surface area (Å²) in [4.78, 5) is 24.0. The number of allylic oxidation sites excluding steroid dienone is 1. The molecule has 0 saturated heterocycles. The van der Waals surface area contributed by atoms with Crippen LogP contribution in [0.2, 0.25) is 0 Å². The van der Waals surface area contributed by atoms with Gasteiger partial charge in [-0.2, -0.15) is 8.78 Å². The Hall–Kier alpha value is -3.16. The van der Waals surface area contributed by atoms with E-state index >= 15 is 0 Å². The second-order valence-electron chi connectivity index (χ2n) is 5.95. The molecule has 0 amide bonds. The Morgan fingerprint density at radius 3 is 2.67 bits per heavy atom. The SMILES string of the molecule is COc1ccc(/C=C2\CCc3oc(C(=O)O)c(C)c3C2=O)cc1OC(F)F. The van der Waals surface area contributed by atoms with Gasteiger partial charge in [-0.05, 0) is 37.1 Å². The molecule has 27 heavy (non-hydrogen) atoms. The minimum Gasteiger partial charge on any atom is -0.493 e. The second-order valence-corrected chi connectivity index (χ2v) is 5.95. The third-order valence-electron chi connectivity index (χ3n) is 4.30. The summed E-state index contributed by atoms with van der Waals surface area (Å²) < 4.78 is 39.8. The highest BCUT2D eigenvalue weighted by molar-refractivity contribution is 6.14. The molecule has 0 atom stereocenters. The molecule has 3 rings (SSSR count). The van der Waals surface area contributed by atoms with Gasteiger partial charge in [-0.25, -0.2) is 4.79 Å². The van der Waals surface area contributed by atoms with Crippen molar-refractivity contribution in [2.45, 2.75) is 26.4 Å². The molecule has 2 aromatic rings. The molecule has 1 aliphatic carbocycles. The largest absolute Gasteiger partial charge is 0.493 e. The number of rotatable bonds is 5. The quantitative estimate of drug-likeness (QED) is 0.788. The predicted octanol–water partition coefficient (Wildman–Crippen LogP) is 4.11. The van der Waals surface area contributed by atoms with Crippen molar-refractivity contribution in [3.8, 4) is 11.5 Å². The van der Waals surface area contributed by atoms with Gasteiger partial charge in [0.1, 0.15) is 5.76 Å². The van der Waals surface area contributed by atoms with Gasteiger partial charge in [0.05, 0.1) is 12.7 Å². The molecule has 0 aliphatic heterocycles. The number of benzene rings is 1. The number of alkyl halides is 2. The molecular formula is C19H16F2O6. The van der Waals surface area contributed by atoms with Crippen molar-refractivity contribution in [1.29, 1.82) is 0 Å². The number of hydrogen-bond acceptors (Lipinski definition) is 5. The number of ketones is 1. The van der Waals surface area contributed by atoms with E-state index in [9.17, 15) is 18.4 Å². The van der Waals surface area contributed by atoms with Crippen LogP contribution in [-0.2, 0) is 6.42 Å². The average molecular weight is 378 g/mol. The van der Waals surface area contributed by atoms with Crippen LogP contribution in [0.3, 0.4) is 0 Å². The van der Waals surface area contributed by atoms with Crippen LogP contribution in [0.4, 0.5) is 8.78 Å². The lowest BCUT2D eigenvalue weighted by molar-refractivity contribution is -0.0512. The van der Waals surface area contributed by atoms with Crippen LogP contribution in [0, 0.1) is 6.92 Å². The highest BCUT2D eigenvalue weighted by atomic mass is 19.3. The van der Waals surface area contributed by atoms with E-state index in [4.69, 9.17) is 14.3 Å². The monoisotopic (exact) mass is 378 g/mol. The van der Waals surface area contributed by atoms with E-state index in [-0.39, 0.29) is 34.2 Å². The number of methoxy groups -OCH3 is 1. The summed E-state index contributed by atoms with van der Waals surface area (Å²) in [5, 5.41) is 9.15. The molecule has 1 aliphatic rings. The van der Waals surface area contributed by atoms with Gasteiger partial charge in [0.25, 0.3) is 0 Å². The number of halogens is 2. The maximum atomic E-state index is 12.8. The van der Waals surface area contributed by atoms with E-state index in [1.807, 2.05) is 0 Å². The van der Waals surface area contributed by atoms with Gasteiger partial charge in [0.15, 0.2) is 17.3 Å². The topological polar surface area (TPSA) is 86.0 Å². The van der Waals surface area contributed by atoms with Crippen molar-refractivity contribution >= 4 is 17.8 Å². The van der Waals surface area contributed by atoms with E-state index in [1.165, 1.54) is 26.2 Å². The van der Waals surface area contributed by atoms with Crippen LogP contribution in [0.5, 0.6) is 11.5 Å². The van der Waals surface area contributed by atoms with E-state index in [0.29, 0.717) is 29.7 Å². The van der Waals surface area contributed by atoms with Gasteiger partial charge >= 0.3 is 12.6 Å². The van der Waals surface area contributed by atoms with Crippen LogP contribution >= 0.6 is 0 Å². The van der Waals surface area contributed by atoms with Crippen LogP contribution in [0.15, 0.2) is 28.2 Å². The molecule has 0 bridgehead atoms. The van der Waals surface area contributed by atoms with Crippen molar-refractivity contribution in [2.24, 2.45) is 0 Å². The fourth-order valence-corrected chi connectivity index (χ4v) is 3.08. The molecule has 1 aromatic carbocycles. The molecule has 1 aromatic heterocycles. The van der Waals surface area contributed by atoms with E-state index in [0.717, 1.165) is 0 Å². The molecule has 1 N–H and O–H groups in total. The minimum atomic E-state index is -3.01. The Morgan fingerprint density at radius 2 is 2.04 bits per heavy atom. The number of Topliss-reactive ketones (excluding diaryl/α,β-unsaturated/α-hetero) is 1. The Balaban J connectivity index is 1.97. The first-order valence-electron chi connectivity index (χ1n) is 8.05. The summed E-state index contributed by atoms with van der Waals surface area (Å²) in [6.45, 7) is -1.49. The normalized spacial score (nSPS) is 15.1. The average Bonchev–Trinajstić information content (AvgIpc) is 2.95. The van der Waals surface area contributed by atoms with Gasteiger partial charge < -0.3 is 19.0 Å². The van der Waals surface area contributed by atoms with Gasteiger partial charge in [-0.1, -0.05) is 6.07 Å². The van der Waals surface area contributed by atoms with E-state index < -0.39 is 12.6 Å². The predicted molar refractivity (Wildman–Crippen MR) is 90.7 cm³/mol. The number of aromatic carboxylic acids is 1. The highest BCUT2D eigenvalue weighted by Gasteiger charge is 2.31. The molecular weight excluding hydrogens is 362 g/mol. The lowest BCUT2D eigenvalue weighted by atomic mass is 9.88. The van der Waals surface area contributed by atoms with Crippen molar-refractivity contribution in [3.05, 3.63) is 52.0 Å². The summed E-state index contributed by atoms with van der Waals surface area (Å²) in [6, 6.07) is 4.43. The van der Waals surface area contributed by atoms with Crippen LogP contribution in [0.1, 0.15) is 44.2 Å². The number of hydrogen-bond donors (Lipinski definition) is 1. The van der Waals surface area contributed by atoms with Gasteiger partial charge in [-0.15, -0.1) is 0 Å². The Morgan fingerprint density at radius 1 is 1.30 bits per heavy atom. The molecule has 0 saturated carbocycles. The Bertz CT molecular complexity index is 942. The summed E-state index contributed by atoms with van der Waals surface area (Å²) in [5.41, 5.74) is 1.45. The summed E-state index contributed by atoms with van der Waals surface area (Å²) in [5.74, 6) is -1.46. The van der Waals surface area contributed by atoms with Crippen LogP contribution in [0.25, 0.3) is 6.08 Å². The summed E-state index contributed by atoms with van der Waals surface area (Å²) in [6.07, 6.45) is 2.28. The number of carboxylic acid groups (broad SMARTS) is 1. The first-order valence-corrected chi connectivity index (χ1v) is 8.05. The lowest BCUT2D eigenvalue weighted by Crippen LogP contribution is -2.13. The standard InChI is InChI=1S/C19H16F2O6/c1-9-15-13(26-17(9)18(23)24)6-4-11(16(15)22)7-10-3-5-12(25-2)14(8-10)27-19(20)21/h3,5,7-8,19H,4,6H2,1-2H3,(H,23,24)/b11-7+. The summed E-state index contributed by atoms with van der Waals surface area (Å²) in [7, 11) is 1.33. The number of aryl methyl sites for hydroxylation is 1. The third kappa shape index (κ3) is 3.55. The zero-order valence-corrected chi connectivity index (χ0v) is 14.5. The summed E-state index contributed by atoms with van der Waals surface area (Å²) >= 11 is 0. The second kappa shape index (κ2) is 7.22. The fraction of sp³-hybridized carbons (Fsp3) is 0.263. The number of fused-ring (bicyclic) bond motifs is 1. The molecule has 0 fully saturated rings. The zero-order chi connectivity index (χ0) is 19.7. The molecule has 6 nitrogen and oxygen atoms in total. The number of ether oxygens (including phenoxy) is 2. The van der Waals surface area contributed by atoms with Crippen molar-refractivity contribution in [1.82, 2.24) is 0 Å². The van der Waals surface area contributed by atoms with Gasteiger partial charge in [0, 0.05) is 17.6 Å². The zero-order valence-electron chi connectivity index (χ0n) is 14.5. The molecule has 142 valence electrons. The Kier molecular flexibility index (Phi) is 4.98. The number of furan rings is 1. The Labute approximate surface area is 153 Å². The molecule has 0 unspecified atom stereocenters. The fourth-order valence-electron chi connectivity index (χ4n) is 3.08. The van der Waals surface area contributed by atoms with Crippen molar-refractivity contribution in [2.75, 3.05) is 7.11 Å². The van der Waals surface area contributed by atoms with Crippen molar-refractivity contribution in [3.63, 3.8) is 0 Å². The highest BCUT2D eigenvalue weighted by Crippen LogP contribution is 2.34. The molecule has 8 heteroatoms. The van der Waals surface area contributed by atoms with Crippen molar-refractivity contribution < 1.29 is 37.4 Å². The maximum Gasteiger partial charge on any atom is 0.387 e. The van der Waals surface area contributed by atoms with Crippen LogP contribution in [-0.4, -0.2) is 30.6 Å². The van der Waals surface area contributed by atoms with E-state index in [2.05, 4.69) is 4.74 Å². The van der Waals surface area contributed by atoms with E-state index in [1.54, 1.807) is 12.1 Å². The van der Waals surface area contributed by atoms with Gasteiger partial charge in [-0.3, -0.25) is 4.79 Å².